The Hall–Kier alpha value is -1.52. The quantitative estimate of drug-likeness (QED) is 0.901. The summed E-state index contributed by atoms with van der Waals surface area (Å²) in [5.41, 5.74) is 3.77. The van der Waals surface area contributed by atoms with Gasteiger partial charge in [-0.15, -0.1) is 0 Å². The molecule has 4 rings (SSSR count). The lowest BCUT2D eigenvalue weighted by Gasteiger charge is -2.36. The van der Waals surface area contributed by atoms with E-state index in [9.17, 15) is 0 Å². The SMILES string of the molecule is COc1cc(C)c2[nH]ccc2c1CN1CCC(OC2CCC2)CC1. The molecule has 4 heteroatoms. The Labute approximate surface area is 144 Å². The number of aromatic amines is 1. The predicted molar refractivity (Wildman–Crippen MR) is 96.6 cm³/mol. The fraction of sp³-hybridized carbons (Fsp3) is 0.600. The minimum atomic E-state index is 0.471. The highest BCUT2D eigenvalue weighted by molar-refractivity contribution is 5.88. The Kier molecular flexibility index (Phi) is 4.51. The summed E-state index contributed by atoms with van der Waals surface area (Å²) in [6, 6.07) is 4.33. The van der Waals surface area contributed by atoms with Gasteiger partial charge >= 0.3 is 0 Å². The van der Waals surface area contributed by atoms with Crippen LogP contribution in [-0.2, 0) is 11.3 Å². The van der Waals surface area contributed by atoms with Crippen LogP contribution < -0.4 is 4.74 Å². The maximum Gasteiger partial charge on any atom is 0.124 e. The minimum absolute atomic E-state index is 0.471. The van der Waals surface area contributed by atoms with Crippen LogP contribution in [0.15, 0.2) is 18.3 Å². The lowest BCUT2D eigenvalue weighted by molar-refractivity contribution is -0.0741. The maximum atomic E-state index is 6.19. The van der Waals surface area contributed by atoms with Gasteiger partial charge in [-0.1, -0.05) is 0 Å². The molecule has 1 aliphatic carbocycles. The van der Waals surface area contributed by atoms with E-state index in [-0.39, 0.29) is 0 Å². The third-order valence-electron chi connectivity index (χ3n) is 5.68. The summed E-state index contributed by atoms with van der Waals surface area (Å²) in [5.74, 6) is 1.01. The average Bonchev–Trinajstić information content (AvgIpc) is 3.05. The molecule has 0 amide bonds. The molecule has 1 aromatic carbocycles. The molecule has 1 saturated heterocycles. The van der Waals surface area contributed by atoms with Gasteiger partial charge in [-0.3, -0.25) is 4.90 Å². The fourth-order valence-corrected chi connectivity index (χ4v) is 3.99. The van der Waals surface area contributed by atoms with Crippen molar-refractivity contribution in [2.24, 2.45) is 0 Å². The fourth-order valence-electron chi connectivity index (χ4n) is 3.99. The second kappa shape index (κ2) is 6.77. The number of aromatic nitrogens is 1. The summed E-state index contributed by atoms with van der Waals surface area (Å²) in [4.78, 5) is 5.91. The molecule has 0 atom stereocenters. The smallest absolute Gasteiger partial charge is 0.124 e. The number of hydrogen-bond donors (Lipinski definition) is 1. The van der Waals surface area contributed by atoms with Gasteiger partial charge in [-0.25, -0.2) is 0 Å². The Balaban J connectivity index is 1.45. The molecule has 2 aliphatic rings. The van der Waals surface area contributed by atoms with Gasteiger partial charge in [0.15, 0.2) is 0 Å². The van der Waals surface area contributed by atoms with Crippen molar-refractivity contribution < 1.29 is 9.47 Å². The van der Waals surface area contributed by atoms with Gasteiger partial charge in [0.25, 0.3) is 0 Å². The van der Waals surface area contributed by atoms with Crippen molar-refractivity contribution in [2.45, 2.75) is 57.8 Å². The molecular weight excluding hydrogens is 300 g/mol. The molecule has 0 unspecified atom stereocenters. The lowest BCUT2D eigenvalue weighted by atomic mass is 9.95. The first-order chi connectivity index (χ1) is 11.7. The number of ether oxygens (including phenoxy) is 2. The molecule has 1 aromatic heterocycles. The number of methoxy groups -OCH3 is 1. The number of rotatable bonds is 5. The number of nitrogens with zero attached hydrogens (tertiary/aromatic N) is 1. The van der Waals surface area contributed by atoms with E-state index in [2.05, 4.69) is 28.9 Å². The predicted octanol–water partition coefficient (Wildman–Crippen LogP) is 4.02. The molecule has 0 radical (unpaired) electrons. The third-order valence-corrected chi connectivity index (χ3v) is 5.68. The lowest BCUT2D eigenvalue weighted by Crippen LogP contribution is -2.39. The number of H-pyrrole nitrogens is 1. The first-order valence-electron chi connectivity index (χ1n) is 9.26. The first kappa shape index (κ1) is 16.0. The molecule has 24 heavy (non-hydrogen) atoms. The van der Waals surface area contributed by atoms with E-state index < -0.39 is 0 Å². The van der Waals surface area contributed by atoms with Crippen molar-refractivity contribution in [1.29, 1.82) is 0 Å². The minimum Gasteiger partial charge on any atom is -0.496 e. The Morgan fingerprint density at radius 1 is 1.17 bits per heavy atom. The van der Waals surface area contributed by atoms with Crippen molar-refractivity contribution in [1.82, 2.24) is 9.88 Å². The molecule has 130 valence electrons. The van der Waals surface area contributed by atoms with E-state index in [1.807, 2.05) is 6.20 Å². The van der Waals surface area contributed by atoms with Crippen LogP contribution in [0.2, 0.25) is 0 Å². The van der Waals surface area contributed by atoms with E-state index in [0.29, 0.717) is 12.2 Å². The summed E-state index contributed by atoms with van der Waals surface area (Å²) >= 11 is 0. The zero-order chi connectivity index (χ0) is 16.5. The van der Waals surface area contributed by atoms with E-state index in [1.165, 1.54) is 41.3 Å². The number of aryl methyl sites for hydroxylation is 1. The van der Waals surface area contributed by atoms with Crippen LogP contribution in [0.25, 0.3) is 10.9 Å². The van der Waals surface area contributed by atoms with Gasteiger partial charge in [0.1, 0.15) is 5.75 Å². The Bertz CT molecular complexity index is 697. The van der Waals surface area contributed by atoms with Gasteiger partial charge in [0.05, 0.1) is 19.3 Å². The number of nitrogens with one attached hydrogen (secondary N) is 1. The van der Waals surface area contributed by atoms with Crippen LogP contribution in [-0.4, -0.2) is 42.3 Å². The largest absolute Gasteiger partial charge is 0.496 e. The van der Waals surface area contributed by atoms with Crippen molar-refractivity contribution >= 4 is 10.9 Å². The van der Waals surface area contributed by atoms with Gasteiger partial charge in [0, 0.05) is 42.3 Å². The van der Waals surface area contributed by atoms with Crippen LogP contribution in [0.3, 0.4) is 0 Å². The number of likely N-dealkylation sites (tertiary alicyclic amines) is 1. The topological polar surface area (TPSA) is 37.5 Å². The average molecular weight is 328 g/mol. The molecule has 0 spiro atoms. The molecule has 2 fully saturated rings. The summed E-state index contributed by atoms with van der Waals surface area (Å²) in [6.45, 7) is 5.31. The molecule has 2 aromatic rings. The van der Waals surface area contributed by atoms with Crippen molar-refractivity contribution in [3.63, 3.8) is 0 Å². The molecule has 2 heterocycles. The number of piperidine rings is 1. The van der Waals surface area contributed by atoms with Gasteiger partial charge < -0.3 is 14.5 Å². The highest BCUT2D eigenvalue weighted by atomic mass is 16.5. The monoisotopic (exact) mass is 328 g/mol. The van der Waals surface area contributed by atoms with E-state index in [4.69, 9.17) is 9.47 Å². The highest BCUT2D eigenvalue weighted by Gasteiger charge is 2.26. The molecule has 4 nitrogen and oxygen atoms in total. The standard InChI is InChI=1S/C20H28N2O2/c1-14-12-19(23-2)18(17-6-9-21-20(14)17)13-22-10-7-16(8-11-22)24-15-4-3-5-15/h6,9,12,15-16,21H,3-5,7-8,10-11,13H2,1-2H3. The number of hydrogen-bond acceptors (Lipinski definition) is 3. The van der Waals surface area contributed by atoms with Crippen LogP contribution in [0, 0.1) is 6.92 Å². The second-order valence-electron chi connectivity index (χ2n) is 7.31. The van der Waals surface area contributed by atoms with Gasteiger partial charge in [0.2, 0.25) is 0 Å². The summed E-state index contributed by atoms with van der Waals surface area (Å²) < 4.78 is 11.9. The van der Waals surface area contributed by atoms with Gasteiger partial charge in [-0.05, 0) is 56.7 Å². The molecule has 0 bridgehead atoms. The van der Waals surface area contributed by atoms with E-state index in [0.717, 1.165) is 38.2 Å². The zero-order valence-corrected chi connectivity index (χ0v) is 14.8. The van der Waals surface area contributed by atoms with Crippen LogP contribution in [0.5, 0.6) is 5.75 Å². The maximum absolute atomic E-state index is 6.19. The molecular formula is C20H28N2O2. The number of benzene rings is 1. The number of fused-ring (bicyclic) bond motifs is 1. The molecule has 1 aliphatic heterocycles. The Morgan fingerprint density at radius 2 is 1.92 bits per heavy atom. The first-order valence-corrected chi connectivity index (χ1v) is 9.26. The van der Waals surface area contributed by atoms with Gasteiger partial charge in [-0.2, -0.15) is 0 Å². The normalized spacial score (nSPS) is 20.4. The van der Waals surface area contributed by atoms with Crippen LogP contribution >= 0.6 is 0 Å². The van der Waals surface area contributed by atoms with Crippen molar-refractivity contribution in [3.05, 3.63) is 29.5 Å². The second-order valence-corrected chi connectivity index (χ2v) is 7.31. The van der Waals surface area contributed by atoms with Crippen molar-refractivity contribution in [2.75, 3.05) is 20.2 Å². The van der Waals surface area contributed by atoms with Crippen LogP contribution in [0.4, 0.5) is 0 Å². The summed E-state index contributed by atoms with van der Waals surface area (Å²) in [6.07, 6.45) is 9.25. The van der Waals surface area contributed by atoms with Crippen LogP contribution in [0.1, 0.15) is 43.2 Å². The highest BCUT2D eigenvalue weighted by Crippen LogP contribution is 2.33. The van der Waals surface area contributed by atoms with E-state index >= 15 is 0 Å². The molecule has 1 saturated carbocycles. The van der Waals surface area contributed by atoms with E-state index in [1.54, 1.807) is 7.11 Å². The summed E-state index contributed by atoms with van der Waals surface area (Å²) in [7, 11) is 1.77. The Morgan fingerprint density at radius 3 is 2.58 bits per heavy atom. The zero-order valence-electron chi connectivity index (χ0n) is 14.8. The summed E-state index contributed by atoms with van der Waals surface area (Å²) in [5, 5.41) is 1.29. The third kappa shape index (κ3) is 3.05. The molecule has 1 N–H and O–H groups in total. The van der Waals surface area contributed by atoms with Crippen molar-refractivity contribution in [3.8, 4) is 5.75 Å².